The molecule has 4 heteroatoms. The first kappa shape index (κ1) is 7.90. The molecule has 0 amide bonds. The van der Waals surface area contributed by atoms with E-state index in [0.29, 0.717) is 11.3 Å². The molecular formula is C9H5N3S. The van der Waals surface area contributed by atoms with Crippen LogP contribution in [0, 0.1) is 11.3 Å². The van der Waals surface area contributed by atoms with E-state index in [9.17, 15) is 0 Å². The largest absolute Gasteiger partial charge is 0.243 e. The van der Waals surface area contributed by atoms with Gasteiger partial charge in [0.15, 0.2) is 0 Å². The third-order valence-corrected chi connectivity index (χ3v) is 2.46. The lowest BCUT2D eigenvalue weighted by Gasteiger charge is -1.96. The van der Waals surface area contributed by atoms with Crippen molar-refractivity contribution in [2.24, 2.45) is 0 Å². The van der Waals surface area contributed by atoms with E-state index in [1.165, 1.54) is 12.5 Å². The normalized spacial score (nSPS) is 9.46. The van der Waals surface area contributed by atoms with Crippen molar-refractivity contribution in [3.63, 3.8) is 0 Å². The topological polar surface area (TPSA) is 49.6 Å². The molecule has 2 rings (SSSR count). The van der Waals surface area contributed by atoms with Crippen LogP contribution in [0.15, 0.2) is 30.0 Å². The maximum Gasteiger partial charge on any atom is 0.116 e. The minimum absolute atomic E-state index is 0.518. The van der Waals surface area contributed by atoms with Gasteiger partial charge in [-0.3, -0.25) is 0 Å². The molecule has 0 aliphatic carbocycles. The molecule has 0 radical (unpaired) electrons. The Bertz CT molecular complexity index is 442. The van der Waals surface area contributed by atoms with Gasteiger partial charge in [0.1, 0.15) is 18.1 Å². The number of nitriles is 1. The van der Waals surface area contributed by atoms with Gasteiger partial charge in [-0.1, -0.05) is 6.07 Å². The first-order valence-electron chi connectivity index (χ1n) is 3.66. The number of aromatic nitrogens is 2. The fourth-order valence-electron chi connectivity index (χ4n) is 1.02. The van der Waals surface area contributed by atoms with Gasteiger partial charge >= 0.3 is 0 Å². The molecular weight excluding hydrogens is 182 g/mol. The summed E-state index contributed by atoms with van der Waals surface area (Å²) in [5.41, 5.74) is 1.23. The molecule has 2 aromatic heterocycles. The van der Waals surface area contributed by atoms with Crippen molar-refractivity contribution < 1.29 is 0 Å². The maximum atomic E-state index is 8.79. The van der Waals surface area contributed by atoms with Crippen molar-refractivity contribution in [2.45, 2.75) is 0 Å². The lowest BCUT2D eigenvalue weighted by molar-refractivity contribution is 1.16. The van der Waals surface area contributed by atoms with Crippen LogP contribution in [0.4, 0.5) is 0 Å². The van der Waals surface area contributed by atoms with Crippen LogP contribution in [0.2, 0.25) is 0 Å². The average Bonchev–Trinajstić information content (AvgIpc) is 2.70. The predicted molar refractivity (Wildman–Crippen MR) is 50.1 cm³/mol. The molecule has 2 heterocycles. The zero-order valence-corrected chi connectivity index (χ0v) is 7.45. The smallest absolute Gasteiger partial charge is 0.116 e. The van der Waals surface area contributed by atoms with Crippen molar-refractivity contribution >= 4 is 11.3 Å². The Morgan fingerprint density at radius 2 is 2.38 bits per heavy atom. The fourth-order valence-corrected chi connectivity index (χ4v) is 1.76. The summed E-state index contributed by atoms with van der Waals surface area (Å²) >= 11 is 1.56. The number of hydrogen-bond acceptors (Lipinski definition) is 4. The Hall–Kier alpha value is -1.73. The summed E-state index contributed by atoms with van der Waals surface area (Å²) in [5.74, 6) is 0. The molecule has 0 bridgehead atoms. The quantitative estimate of drug-likeness (QED) is 0.686. The first-order chi connectivity index (χ1) is 6.42. The van der Waals surface area contributed by atoms with Gasteiger partial charge in [0.25, 0.3) is 0 Å². The molecule has 13 heavy (non-hydrogen) atoms. The van der Waals surface area contributed by atoms with Gasteiger partial charge < -0.3 is 0 Å². The second kappa shape index (κ2) is 3.33. The highest BCUT2D eigenvalue weighted by molar-refractivity contribution is 7.13. The zero-order chi connectivity index (χ0) is 9.10. The van der Waals surface area contributed by atoms with Crippen molar-refractivity contribution in [1.82, 2.24) is 9.97 Å². The minimum Gasteiger partial charge on any atom is -0.243 e. The van der Waals surface area contributed by atoms with Crippen LogP contribution in [0.1, 0.15) is 5.56 Å². The van der Waals surface area contributed by atoms with Gasteiger partial charge in [-0.25, -0.2) is 9.97 Å². The van der Waals surface area contributed by atoms with Crippen molar-refractivity contribution in [3.05, 3.63) is 35.6 Å². The predicted octanol–water partition coefficient (Wildman–Crippen LogP) is 2.08. The lowest BCUT2D eigenvalue weighted by Crippen LogP contribution is -1.87. The average molecular weight is 187 g/mol. The first-order valence-corrected chi connectivity index (χ1v) is 4.54. The molecule has 0 saturated carbocycles. The van der Waals surface area contributed by atoms with Gasteiger partial charge in [-0.05, 0) is 11.4 Å². The Morgan fingerprint density at radius 3 is 3.08 bits per heavy atom. The van der Waals surface area contributed by atoms with Crippen LogP contribution in [-0.2, 0) is 0 Å². The number of nitrogens with zero attached hydrogens (tertiary/aromatic N) is 3. The summed E-state index contributed by atoms with van der Waals surface area (Å²) in [7, 11) is 0. The molecule has 0 saturated heterocycles. The van der Waals surface area contributed by atoms with E-state index in [4.69, 9.17) is 5.26 Å². The summed E-state index contributed by atoms with van der Waals surface area (Å²) in [5, 5.41) is 10.7. The van der Waals surface area contributed by atoms with E-state index in [1.807, 2.05) is 17.5 Å². The molecule has 3 nitrogen and oxygen atoms in total. The maximum absolute atomic E-state index is 8.79. The third kappa shape index (κ3) is 1.42. The van der Waals surface area contributed by atoms with Crippen LogP contribution in [0.5, 0.6) is 0 Å². The number of hydrogen-bond donors (Lipinski definition) is 0. The molecule has 0 fully saturated rings. The zero-order valence-electron chi connectivity index (χ0n) is 6.64. The molecule has 0 spiro atoms. The second-order valence-electron chi connectivity index (χ2n) is 2.37. The van der Waals surface area contributed by atoms with Crippen LogP contribution in [0.3, 0.4) is 0 Å². The molecule has 2 aromatic rings. The van der Waals surface area contributed by atoms with Crippen LogP contribution < -0.4 is 0 Å². The van der Waals surface area contributed by atoms with Gasteiger partial charge in [0.2, 0.25) is 0 Å². The van der Waals surface area contributed by atoms with Crippen molar-refractivity contribution in [2.75, 3.05) is 0 Å². The highest BCUT2D eigenvalue weighted by Gasteiger charge is 2.05. The highest BCUT2D eigenvalue weighted by atomic mass is 32.1. The molecule has 0 N–H and O–H groups in total. The van der Waals surface area contributed by atoms with Crippen molar-refractivity contribution in [1.29, 1.82) is 5.26 Å². The van der Waals surface area contributed by atoms with E-state index in [1.54, 1.807) is 11.3 Å². The fraction of sp³-hybridized carbons (Fsp3) is 0. The molecule has 0 atom stereocenters. The van der Waals surface area contributed by atoms with E-state index in [-0.39, 0.29) is 0 Å². The Kier molecular flexibility index (Phi) is 2.02. The van der Waals surface area contributed by atoms with Gasteiger partial charge in [-0.15, -0.1) is 11.3 Å². The van der Waals surface area contributed by atoms with Crippen LogP contribution >= 0.6 is 11.3 Å². The summed E-state index contributed by atoms with van der Waals surface area (Å²) in [6, 6.07) is 5.94. The lowest BCUT2D eigenvalue weighted by atomic mass is 10.2. The summed E-state index contributed by atoms with van der Waals surface area (Å²) in [6.07, 6.45) is 2.98. The van der Waals surface area contributed by atoms with E-state index in [2.05, 4.69) is 16.0 Å². The standard InChI is InChI=1S/C9H5N3S/c10-4-7-5-11-6-12-9(7)8-2-1-3-13-8/h1-3,5-6H. The van der Waals surface area contributed by atoms with E-state index in [0.717, 1.165) is 4.88 Å². The van der Waals surface area contributed by atoms with E-state index < -0.39 is 0 Å². The Morgan fingerprint density at radius 1 is 1.46 bits per heavy atom. The Balaban J connectivity index is 2.59. The van der Waals surface area contributed by atoms with Crippen LogP contribution in [-0.4, -0.2) is 9.97 Å². The molecule has 0 aliphatic heterocycles. The summed E-state index contributed by atoms with van der Waals surface area (Å²) in [4.78, 5) is 8.86. The summed E-state index contributed by atoms with van der Waals surface area (Å²) < 4.78 is 0. The second-order valence-corrected chi connectivity index (χ2v) is 3.32. The van der Waals surface area contributed by atoms with Crippen LogP contribution in [0.25, 0.3) is 10.6 Å². The van der Waals surface area contributed by atoms with Gasteiger partial charge in [0.05, 0.1) is 10.4 Å². The molecule has 62 valence electrons. The van der Waals surface area contributed by atoms with Gasteiger partial charge in [-0.2, -0.15) is 5.26 Å². The molecule has 0 aliphatic rings. The Labute approximate surface area is 79.3 Å². The number of rotatable bonds is 1. The van der Waals surface area contributed by atoms with Crippen molar-refractivity contribution in [3.8, 4) is 16.6 Å². The monoisotopic (exact) mass is 187 g/mol. The number of thiophene rings is 1. The molecule has 0 unspecified atom stereocenters. The van der Waals surface area contributed by atoms with Gasteiger partial charge in [0, 0.05) is 6.20 Å². The SMILES string of the molecule is N#Cc1cncnc1-c1cccs1. The summed E-state index contributed by atoms with van der Waals surface area (Å²) in [6.45, 7) is 0. The molecule has 0 aromatic carbocycles. The van der Waals surface area contributed by atoms with E-state index >= 15 is 0 Å². The minimum atomic E-state index is 0.518. The highest BCUT2D eigenvalue weighted by Crippen LogP contribution is 2.24. The third-order valence-electron chi connectivity index (χ3n) is 1.59.